The van der Waals surface area contributed by atoms with Crippen molar-refractivity contribution in [3.05, 3.63) is 29.8 Å². The molecule has 7 heteroatoms. The van der Waals surface area contributed by atoms with Gasteiger partial charge in [0.05, 0.1) is 7.11 Å². The SMILES string of the molecule is COc1ccc(C(=O)N2CCN(C(=O)C3CCN(C(=O)C4CC4)CC3)CC2)cc1. The van der Waals surface area contributed by atoms with Crippen LogP contribution in [0.25, 0.3) is 0 Å². The molecule has 0 atom stereocenters. The summed E-state index contributed by atoms with van der Waals surface area (Å²) < 4.78 is 5.14. The van der Waals surface area contributed by atoms with Crippen LogP contribution >= 0.6 is 0 Å². The topological polar surface area (TPSA) is 70.2 Å². The Kier molecular flexibility index (Phi) is 5.74. The normalized spacial score (nSPS) is 20.5. The van der Waals surface area contributed by atoms with E-state index in [2.05, 4.69) is 0 Å². The van der Waals surface area contributed by atoms with Gasteiger partial charge in [-0.25, -0.2) is 0 Å². The lowest BCUT2D eigenvalue weighted by Crippen LogP contribution is -2.53. The van der Waals surface area contributed by atoms with E-state index in [0.717, 1.165) is 31.4 Å². The second-order valence-corrected chi connectivity index (χ2v) is 8.22. The minimum absolute atomic E-state index is 0.00194. The first-order valence-electron chi connectivity index (χ1n) is 10.6. The van der Waals surface area contributed by atoms with Gasteiger partial charge in [0.2, 0.25) is 11.8 Å². The maximum absolute atomic E-state index is 12.9. The molecule has 1 aromatic carbocycles. The summed E-state index contributed by atoms with van der Waals surface area (Å²) >= 11 is 0. The molecule has 7 nitrogen and oxygen atoms in total. The van der Waals surface area contributed by atoms with Crippen molar-refractivity contribution in [2.45, 2.75) is 25.7 Å². The highest BCUT2D eigenvalue weighted by Crippen LogP contribution is 2.32. The van der Waals surface area contributed by atoms with Crippen molar-refractivity contribution >= 4 is 17.7 Å². The molecule has 3 amide bonds. The Hall–Kier alpha value is -2.57. The van der Waals surface area contributed by atoms with Crippen LogP contribution in [-0.2, 0) is 9.59 Å². The van der Waals surface area contributed by atoms with E-state index in [1.165, 1.54) is 0 Å². The maximum Gasteiger partial charge on any atom is 0.253 e. The molecule has 1 saturated carbocycles. The van der Waals surface area contributed by atoms with Gasteiger partial charge in [-0.3, -0.25) is 14.4 Å². The molecule has 3 fully saturated rings. The zero-order valence-electron chi connectivity index (χ0n) is 17.0. The quantitative estimate of drug-likeness (QED) is 0.772. The number of likely N-dealkylation sites (tertiary alicyclic amines) is 1. The fourth-order valence-electron chi connectivity index (χ4n) is 4.24. The van der Waals surface area contributed by atoms with Gasteiger partial charge < -0.3 is 19.4 Å². The van der Waals surface area contributed by atoms with E-state index >= 15 is 0 Å². The molecule has 3 aliphatic rings. The number of piperazine rings is 1. The lowest BCUT2D eigenvalue weighted by molar-refractivity contribution is -0.142. The maximum atomic E-state index is 12.9. The minimum atomic E-state index is -0.00773. The number of methoxy groups -OCH3 is 1. The number of amides is 3. The van der Waals surface area contributed by atoms with Crippen LogP contribution in [0.2, 0.25) is 0 Å². The van der Waals surface area contributed by atoms with Crippen LogP contribution in [0.15, 0.2) is 24.3 Å². The summed E-state index contributed by atoms with van der Waals surface area (Å²) in [5.74, 6) is 1.43. The third-order valence-corrected chi connectivity index (χ3v) is 6.30. The van der Waals surface area contributed by atoms with Crippen LogP contribution in [0.3, 0.4) is 0 Å². The van der Waals surface area contributed by atoms with Crippen molar-refractivity contribution in [2.75, 3.05) is 46.4 Å². The summed E-state index contributed by atoms with van der Waals surface area (Å²) in [6.07, 6.45) is 3.55. The number of carbonyl (C=O) groups excluding carboxylic acids is 3. The molecule has 0 N–H and O–H groups in total. The molecule has 1 aromatic rings. The second-order valence-electron chi connectivity index (χ2n) is 8.22. The molecule has 2 aliphatic heterocycles. The first-order valence-corrected chi connectivity index (χ1v) is 10.6. The number of hydrogen-bond donors (Lipinski definition) is 0. The molecule has 0 aromatic heterocycles. The molecule has 2 saturated heterocycles. The Morgan fingerprint density at radius 1 is 0.724 bits per heavy atom. The minimum Gasteiger partial charge on any atom is -0.497 e. The smallest absolute Gasteiger partial charge is 0.253 e. The van der Waals surface area contributed by atoms with E-state index in [0.29, 0.717) is 44.8 Å². The molecule has 0 spiro atoms. The van der Waals surface area contributed by atoms with Crippen LogP contribution in [0, 0.1) is 11.8 Å². The van der Waals surface area contributed by atoms with E-state index in [4.69, 9.17) is 4.74 Å². The van der Waals surface area contributed by atoms with Crippen molar-refractivity contribution in [2.24, 2.45) is 11.8 Å². The number of hydrogen-bond acceptors (Lipinski definition) is 4. The third-order valence-electron chi connectivity index (χ3n) is 6.30. The number of benzene rings is 1. The molecular formula is C22H29N3O4. The van der Waals surface area contributed by atoms with Crippen molar-refractivity contribution in [1.82, 2.24) is 14.7 Å². The standard InChI is InChI=1S/C22H29N3O4/c1-29-19-6-4-17(5-7-19)21(27)24-12-14-25(15-13-24)22(28)18-8-10-23(11-9-18)20(26)16-2-3-16/h4-7,16,18H,2-3,8-15H2,1H3. The van der Waals surface area contributed by atoms with Crippen LogP contribution < -0.4 is 4.74 Å². The first-order chi connectivity index (χ1) is 14.1. The molecular weight excluding hydrogens is 370 g/mol. The summed E-state index contributed by atoms with van der Waals surface area (Å²) in [7, 11) is 1.60. The highest BCUT2D eigenvalue weighted by molar-refractivity contribution is 5.94. The number of carbonyl (C=O) groups is 3. The van der Waals surface area contributed by atoms with E-state index < -0.39 is 0 Å². The summed E-state index contributed by atoms with van der Waals surface area (Å²) in [6.45, 7) is 3.64. The summed E-state index contributed by atoms with van der Waals surface area (Å²) in [5.41, 5.74) is 0.637. The van der Waals surface area contributed by atoms with E-state index in [1.54, 1.807) is 31.4 Å². The Morgan fingerprint density at radius 3 is 1.72 bits per heavy atom. The Balaban J connectivity index is 1.25. The van der Waals surface area contributed by atoms with Gasteiger partial charge in [-0.15, -0.1) is 0 Å². The lowest BCUT2D eigenvalue weighted by atomic mass is 9.94. The summed E-state index contributed by atoms with van der Waals surface area (Å²) in [4.78, 5) is 43.4. The third kappa shape index (κ3) is 4.38. The summed E-state index contributed by atoms with van der Waals surface area (Å²) in [5, 5.41) is 0. The van der Waals surface area contributed by atoms with Gasteiger partial charge in [-0.05, 0) is 49.9 Å². The molecule has 29 heavy (non-hydrogen) atoms. The van der Waals surface area contributed by atoms with Crippen molar-refractivity contribution in [1.29, 1.82) is 0 Å². The van der Waals surface area contributed by atoms with Crippen LogP contribution in [0.1, 0.15) is 36.0 Å². The molecule has 1 aliphatic carbocycles. The Morgan fingerprint density at radius 2 is 1.21 bits per heavy atom. The predicted octanol–water partition coefficient (Wildman–Crippen LogP) is 1.63. The monoisotopic (exact) mass is 399 g/mol. The fourth-order valence-corrected chi connectivity index (χ4v) is 4.24. The summed E-state index contributed by atoms with van der Waals surface area (Å²) in [6, 6.07) is 7.12. The van der Waals surface area contributed by atoms with Gasteiger partial charge in [-0.2, -0.15) is 0 Å². The lowest BCUT2D eigenvalue weighted by Gasteiger charge is -2.38. The molecule has 2 heterocycles. The van der Waals surface area contributed by atoms with Crippen LogP contribution in [-0.4, -0.2) is 78.8 Å². The van der Waals surface area contributed by atoms with Gasteiger partial charge in [0.15, 0.2) is 0 Å². The molecule has 0 radical (unpaired) electrons. The second kappa shape index (κ2) is 8.43. The number of piperidine rings is 1. The van der Waals surface area contributed by atoms with Gasteiger partial charge in [0, 0.05) is 56.7 Å². The first kappa shape index (κ1) is 19.7. The van der Waals surface area contributed by atoms with Crippen molar-refractivity contribution in [3.8, 4) is 5.75 Å². The van der Waals surface area contributed by atoms with Gasteiger partial charge in [0.25, 0.3) is 5.91 Å². The Bertz CT molecular complexity index is 759. The molecule has 0 unspecified atom stereocenters. The van der Waals surface area contributed by atoms with Crippen molar-refractivity contribution < 1.29 is 19.1 Å². The Labute approximate surface area is 171 Å². The zero-order valence-corrected chi connectivity index (χ0v) is 17.0. The van der Waals surface area contributed by atoms with Crippen LogP contribution in [0.4, 0.5) is 0 Å². The van der Waals surface area contributed by atoms with E-state index in [1.807, 2.05) is 14.7 Å². The number of rotatable bonds is 4. The van der Waals surface area contributed by atoms with Crippen LogP contribution in [0.5, 0.6) is 5.75 Å². The fraction of sp³-hybridized carbons (Fsp3) is 0.591. The number of nitrogens with zero attached hydrogens (tertiary/aromatic N) is 3. The average Bonchev–Trinajstić information content (AvgIpc) is 3.63. The average molecular weight is 399 g/mol. The van der Waals surface area contributed by atoms with Crippen molar-refractivity contribution in [3.63, 3.8) is 0 Å². The highest BCUT2D eigenvalue weighted by atomic mass is 16.5. The van der Waals surface area contributed by atoms with Gasteiger partial charge >= 0.3 is 0 Å². The zero-order chi connectivity index (χ0) is 20.4. The van der Waals surface area contributed by atoms with E-state index in [9.17, 15) is 14.4 Å². The predicted molar refractivity (Wildman–Crippen MR) is 108 cm³/mol. The van der Waals surface area contributed by atoms with Gasteiger partial charge in [0.1, 0.15) is 5.75 Å². The molecule has 0 bridgehead atoms. The van der Waals surface area contributed by atoms with E-state index in [-0.39, 0.29) is 29.6 Å². The molecule has 4 rings (SSSR count). The highest BCUT2D eigenvalue weighted by Gasteiger charge is 2.37. The number of ether oxygens (including phenoxy) is 1. The molecule has 156 valence electrons. The van der Waals surface area contributed by atoms with Gasteiger partial charge in [-0.1, -0.05) is 0 Å². The largest absolute Gasteiger partial charge is 0.497 e.